The largest absolute Gasteiger partial charge is 0.382 e. The van der Waals surface area contributed by atoms with Crippen molar-refractivity contribution in [3.8, 4) is 0 Å². The first-order valence-corrected chi connectivity index (χ1v) is 7.39. The molecule has 1 aliphatic rings. The normalized spacial score (nSPS) is 25.4. The van der Waals surface area contributed by atoms with Crippen LogP contribution in [0.1, 0.15) is 39.0 Å². The third-order valence-electron chi connectivity index (χ3n) is 3.61. The molecular weight excluding hydrogens is 309 g/mol. The second kappa shape index (κ2) is 5.89. The Hall–Kier alpha value is -0.250. The van der Waals surface area contributed by atoms with Crippen LogP contribution in [0.25, 0.3) is 0 Å². The number of halogens is 1. The van der Waals surface area contributed by atoms with Crippen LogP contribution in [0.5, 0.6) is 0 Å². The molecule has 16 heavy (non-hydrogen) atoms. The molecule has 0 spiro atoms. The van der Waals surface area contributed by atoms with E-state index in [1.807, 2.05) is 0 Å². The van der Waals surface area contributed by atoms with Gasteiger partial charge in [-0.05, 0) is 59.5 Å². The van der Waals surface area contributed by atoms with Gasteiger partial charge < -0.3 is 5.32 Å². The third-order valence-corrected chi connectivity index (χ3v) is 4.28. The monoisotopic (exact) mass is 329 g/mol. The second-order valence-electron chi connectivity index (χ2n) is 4.71. The molecule has 0 heterocycles. The summed E-state index contributed by atoms with van der Waals surface area (Å²) >= 11 is 2.37. The van der Waals surface area contributed by atoms with Crippen molar-refractivity contribution in [2.24, 2.45) is 5.92 Å². The number of nitrogens with one attached hydrogen (secondary N) is 1. The van der Waals surface area contributed by atoms with Crippen LogP contribution in [-0.4, -0.2) is 6.04 Å². The summed E-state index contributed by atoms with van der Waals surface area (Å²) in [5.74, 6) is 0.867. The SMILES string of the molecule is CCC1CCCCC1Nc1cccc(I)c1. The predicted octanol–water partition coefficient (Wildman–Crippen LogP) is 4.67. The number of anilines is 1. The van der Waals surface area contributed by atoms with Gasteiger partial charge in [0.2, 0.25) is 0 Å². The summed E-state index contributed by atoms with van der Waals surface area (Å²) in [6, 6.07) is 9.39. The van der Waals surface area contributed by atoms with Crippen LogP contribution in [0.4, 0.5) is 5.69 Å². The highest BCUT2D eigenvalue weighted by atomic mass is 127. The lowest BCUT2D eigenvalue weighted by molar-refractivity contribution is 0.317. The van der Waals surface area contributed by atoms with E-state index in [1.165, 1.54) is 41.4 Å². The van der Waals surface area contributed by atoms with Crippen LogP contribution in [0.3, 0.4) is 0 Å². The molecule has 0 aliphatic heterocycles. The number of benzene rings is 1. The van der Waals surface area contributed by atoms with Crippen molar-refractivity contribution in [1.82, 2.24) is 0 Å². The van der Waals surface area contributed by atoms with Crippen molar-refractivity contribution in [2.45, 2.75) is 45.1 Å². The highest BCUT2D eigenvalue weighted by Gasteiger charge is 2.23. The van der Waals surface area contributed by atoms with Crippen LogP contribution < -0.4 is 5.32 Å². The second-order valence-corrected chi connectivity index (χ2v) is 5.96. The van der Waals surface area contributed by atoms with Crippen molar-refractivity contribution in [3.05, 3.63) is 27.8 Å². The van der Waals surface area contributed by atoms with E-state index in [0.717, 1.165) is 5.92 Å². The summed E-state index contributed by atoms with van der Waals surface area (Å²) in [5.41, 5.74) is 1.29. The Kier molecular flexibility index (Phi) is 4.50. The van der Waals surface area contributed by atoms with E-state index in [2.05, 4.69) is 59.1 Å². The van der Waals surface area contributed by atoms with Crippen LogP contribution in [0.15, 0.2) is 24.3 Å². The zero-order chi connectivity index (χ0) is 11.4. The Morgan fingerprint density at radius 1 is 1.31 bits per heavy atom. The van der Waals surface area contributed by atoms with Crippen LogP contribution in [-0.2, 0) is 0 Å². The van der Waals surface area contributed by atoms with E-state index in [-0.39, 0.29) is 0 Å². The first-order chi connectivity index (χ1) is 7.79. The molecule has 2 atom stereocenters. The smallest absolute Gasteiger partial charge is 0.0353 e. The Morgan fingerprint density at radius 3 is 2.88 bits per heavy atom. The molecular formula is C14H20IN. The summed E-state index contributed by atoms with van der Waals surface area (Å²) in [6.45, 7) is 2.32. The Labute approximate surface area is 112 Å². The van der Waals surface area contributed by atoms with E-state index >= 15 is 0 Å². The molecule has 1 nitrogen and oxygen atoms in total. The quantitative estimate of drug-likeness (QED) is 0.795. The molecule has 0 aromatic heterocycles. The molecule has 1 aromatic carbocycles. The van der Waals surface area contributed by atoms with Gasteiger partial charge in [0.1, 0.15) is 0 Å². The molecule has 2 unspecified atom stereocenters. The minimum absolute atomic E-state index is 0.692. The first kappa shape index (κ1) is 12.2. The Bertz CT molecular complexity index is 337. The molecule has 88 valence electrons. The summed E-state index contributed by atoms with van der Waals surface area (Å²) in [4.78, 5) is 0. The molecule has 1 fully saturated rings. The highest BCUT2D eigenvalue weighted by Crippen LogP contribution is 2.29. The molecule has 1 aromatic rings. The molecule has 1 saturated carbocycles. The van der Waals surface area contributed by atoms with E-state index in [9.17, 15) is 0 Å². The van der Waals surface area contributed by atoms with E-state index in [0.29, 0.717) is 6.04 Å². The lowest BCUT2D eigenvalue weighted by Crippen LogP contribution is -2.31. The lowest BCUT2D eigenvalue weighted by Gasteiger charge is -2.32. The maximum absolute atomic E-state index is 3.72. The number of hydrogen-bond donors (Lipinski definition) is 1. The van der Waals surface area contributed by atoms with Gasteiger partial charge in [0.25, 0.3) is 0 Å². The minimum Gasteiger partial charge on any atom is -0.382 e. The van der Waals surface area contributed by atoms with Gasteiger partial charge in [0.15, 0.2) is 0 Å². The standard InChI is InChI=1S/C14H20IN/c1-2-11-6-3-4-9-14(11)16-13-8-5-7-12(15)10-13/h5,7-8,10-11,14,16H,2-4,6,9H2,1H3. The van der Waals surface area contributed by atoms with E-state index in [4.69, 9.17) is 0 Å². The van der Waals surface area contributed by atoms with Crippen molar-refractivity contribution >= 4 is 28.3 Å². The predicted molar refractivity (Wildman–Crippen MR) is 78.8 cm³/mol. The zero-order valence-corrected chi connectivity index (χ0v) is 12.0. The fraction of sp³-hybridized carbons (Fsp3) is 0.571. The maximum atomic E-state index is 3.72. The van der Waals surface area contributed by atoms with Crippen molar-refractivity contribution in [1.29, 1.82) is 0 Å². The molecule has 2 heteroatoms. The maximum Gasteiger partial charge on any atom is 0.0353 e. The van der Waals surface area contributed by atoms with Crippen LogP contribution in [0, 0.1) is 9.49 Å². The van der Waals surface area contributed by atoms with Gasteiger partial charge in [-0.2, -0.15) is 0 Å². The lowest BCUT2D eigenvalue weighted by atomic mass is 9.83. The van der Waals surface area contributed by atoms with E-state index < -0.39 is 0 Å². The van der Waals surface area contributed by atoms with Gasteiger partial charge in [0, 0.05) is 15.3 Å². The Balaban J connectivity index is 2.02. The summed E-state index contributed by atoms with van der Waals surface area (Å²) in [7, 11) is 0. The topological polar surface area (TPSA) is 12.0 Å². The average molecular weight is 329 g/mol. The van der Waals surface area contributed by atoms with Gasteiger partial charge in [0.05, 0.1) is 0 Å². The Morgan fingerprint density at radius 2 is 2.12 bits per heavy atom. The zero-order valence-electron chi connectivity index (χ0n) is 9.88. The van der Waals surface area contributed by atoms with Gasteiger partial charge in [-0.15, -0.1) is 0 Å². The van der Waals surface area contributed by atoms with Gasteiger partial charge in [-0.3, -0.25) is 0 Å². The summed E-state index contributed by atoms with van der Waals surface area (Å²) in [6.07, 6.45) is 6.85. The average Bonchev–Trinajstić information content (AvgIpc) is 2.30. The van der Waals surface area contributed by atoms with Crippen molar-refractivity contribution < 1.29 is 0 Å². The molecule has 1 N–H and O–H groups in total. The third kappa shape index (κ3) is 3.12. The van der Waals surface area contributed by atoms with E-state index in [1.54, 1.807) is 0 Å². The van der Waals surface area contributed by atoms with Crippen molar-refractivity contribution in [2.75, 3.05) is 5.32 Å². The molecule has 0 bridgehead atoms. The highest BCUT2D eigenvalue weighted by molar-refractivity contribution is 14.1. The van der Waals surface area contributed by atoms with Gasteiger partial charge >= 0.3 is 0 Å². The minimum atomic E-state index is 0.692. The molecule has 0 saturated heterocycles. The summed E-state index contributed by atoms with van der Waals surface area (Å²) in [5, 5.41) is 3.72. The van der Waals surface area contributed by atoms with Crippen molar-refractivity contribution in [3.63, 3.8) is 0 Å². The molecule has 0 radical (unpaired) electrons. The van der Waals surface area contributed by atoms with Gasteiger partial charge in [-0.1, -0.05) is 32.3 Å². The van der Waals surface area contributed by atoms with Crippen LogP contribution >= 0.6 is 22.6 Å². The first-order valence-electron chi connectivity index (χ1n) is 6.31. The fourth-order valence-corrected chi connectivity index (χ4v) is 3.22. The number of hydrogen-bond acceptors (Lipinski definition) is 1. The molecule has 1 aliphatic carbocycles. The number of rotatable bonds is 3. The summed E-state index contributed by atoms with van der Waals surface area (Å²) < 4.78 is 1.31. The van der Waals surface area contributed by atoms with Crippen LogP contribution in [0.2, 0.25) is 0 Å². The fourth-order valence-electron chi connectivity index (χ4n) is 2.68. The molecule has 0 amide bonds. The molecule has 2 rings (SSSR count). The van der Waals surface area contributed by atoms with Gasteiger partial charge in [-0.25, -0.2) is 0 Å².